The summed E-state index contributed by atoms with van der Waals surface area (Å²) < 4.78 is 14.0. The van der Waals surface area contributed by atoms with E-state index in [1.807, 2.05) is 0 Å². The first kappa shape index (κ1) is 14.7. The molecule has 0 unspecified atom stereocenters. The highest BCUT2D eigenvalue weighted by Gasteiger charge is 2.14. The Hall–Kier alpha value is -1.70. The molecule has 1 heterocycles. The van der Waals surface area contributed by atoms with Crippen LogP contribution in [0.5, 0.6) is 0 Å². The van der Waals surface area contributed by atoms with Crippen LogP contribution in [0.2, 0.25) is 5.02 Å². The first-order valence-electron chi connectivity index (χ1n) is 5.40. The summed E-state index contributed by atoms with van der Waals surface area (Å²) in [7, 11) is 0. The number of pyridine rings is 1. The van der Waals surface area contributed by atoms with Gasteiger partial charge in [-0.3, -0.25) is 4.79 Å². The summed E-state index contributed by atoms with van der Waals surface area (Å²) in [6.45, 7) is 0. The van der Waals surface area contributed by atoms with Crippen molar-refractivity contribution < 1.29 is 9.18 Å². The standard InChI is InChI=1S/C12H9BrClFN4O/c13-7-2-1-3-9(15)10(7)18-12(20)6-4-8(14)11(19-16)17-5-6/h1-5H,16H2,(H,17,19)(H,18,20). The monoisotopic (exact) mass is 358 g/mol. The van der Waals surface area contributed by atoms with Gasteiger partial charge in [-0.05, 0) is 34.1 Å². The van der Waals surface area contributed by atoms with Crippen molar-refractivity contribution in [2.75, 3.05) is 10.7 Å². The number of hydrogen-bond donors (Lipinski definition) is 3. The molecule has 0 saturated carbocycles. The van der Waals surface area contributed by atoms with Gasteiger partial charge in [0.25, 0.3) is 5.91 Å². The molecule has 0 aliphatic rings. The summed E-state index contributed by atoms with van der Waals surface area (Å²) in [5.41, 5.74) is 2.52. The molecule has 8 heteroatoms. The summed E-state index contributed by atoms with van der Waals surface area (Å²) >= 11 is 9.03. The highest BCUT2D eigenvalue weighted by molar-refractivity contribution is 9.10. The number of nitrogens with zero attached hydrogens (tertiary/aromatic N) is 1. The van der Waals surface area contributed by atoms with Crippen molar-refractivity contribution in [3.8, 4) is 0 Å². The molecule has 1 amide bonds. The fraction of sp³-hybridized carbons (Fsp3) is 0. The minimum atomic E-state index is -0.549. The van der Waals surface area contributed by atoms with E-state index in [0.29, 0.717) is 4.47 Å². The van der Waals surface area contributed by atoms with Crippen LogP contribution < -0.4 is 16.6 Å². The van der Waals surface area contributed by atoms with Gasteiger partial charge in [-0.25, -0.2) is 15.2 Å². The molecule has 0 spiro atoms. The smallest absolute Gasteiger partial charge is 0.257 e. The molecule has 1 aromatic carbocycles. The fourth-order valence-electron chi connectivity index (χ4n) is 1.47. The van der Waals surface area contributed by atoms with Gasteiger partial charge in [0.05, 0.1) is 16.3 Å². The maximum absolute atomic E-state index is 13.6. The molecule has 2 aromatic rings. The van der Waals surface area contributed by atoms with Gasteiger partial charge in [0, 0.05) is 10.7 Å². The van der Waals surface area contributed by atoms with Crippen LogP contribution in [0.3, 0.4) is 0 Å². The first-order chi connectivity index (χ1) is 9.52. The number of hydrogen-bond acceptors (Lipinski definition) is 4. The van der Waals surface area contributed by atoms with E-state index >= 15 is 0 Å². The number of hydrazine groups is 1. The molecular weight excluding hydrogens is 351 g/mol. The minimum Gasteiger partial charge on any atom is -0.318 e. The van der Waals surface area contributed by atoms with Crippen LogP contribution in [-0.4, -0.2) is 10.9 Å². The Labute approximate surface area is 127 Å². The normalized spacial score (nSPS) is 10.2. The van der Waals surface area contributed by atoms with Gasteiger partial charge in [0.15, 0.2) is 5.82 Å². The van der Waals surface area contributed by atoms with Gasteiger partial charge < -0.3 is 10.7 Å². The Kier molecular flexibility index (Phi) is 4.53. The third-order valence-electron chi connectivity index (χ3n) is 2.44. The van der Waals surface area contributed by atoms with E-state index in [2.05, 4.69) is 31.7 Å². The second-order valence-corrected chi connectivity index (χ2v) is 5.01. The van der Waals surface area contributed by atoms with Crippen molar-refractivity contribution >= 4 is 44.9 Å². The zero-order chi connectivity index (χ0) is 14.7. The number of carbonyl (C=O) groups excluding carboxylic acids is 1. The van der Waals surface area contributed by atoms with Gasteiger partial charge in [-0.15, -0.1) is 0 Å². The molecule has 0 atom stereocenters. The van der Waals surface area contributed by atoms with Gasteiger partial charge in [-0.1, -0.05) is 17.7 Å². The molecule has 0 fully saturated rings. The molecule has 20 heavy (non-hydrogen) atoms. The number of amides is 1. The summed E-state index contributed by atoms with van der Waals surface area (Å²) in [6.07, 6.45) is 1.28. The van der Waals surface area contributed by atoms with Crippen LogP contribution in [-0.2, 0) is 0 Å². The predicted molar refractivity (Wildman–Crippen MR) is 79.1 cm³/mol. The Morgan fingerprint density at radius 2 is 2.20 bits per heavy atom. The number of para-hydroxylation sites is 1. The number of nitrogen functional groups attached to an aromatic ring is 1. The zero-order valence-corrected chi connectivity index (χ0v) is 12.3. The maximum Gasteiger partial charge on any atom is 0.257 e. The molecule has 104 valence electrons. The van der Waals surface area contributed by atoms with Crippen LogP contribution in [0.25, 0.3) is 0 Å². The van der Waals surface area contributed by atoms with Crippen molar-refractivity contribution in [3.63, 3.8) is 0 Å². The van der Waals surface area contributed by atoms with Gasteiger partial charge in [-0.2, -0.15) is 0 Å². The van der Waals surface area contributed by atoms with Crippen molar-refractivity contribution in [1.29, 1.82) is 0 Å². The Balaban J connectivity index is 2.26. The largest absolute Gasteiger partial charge is 0.318 e. The van der Waals surface area contributed by atoms with E-state index in [-0.39, 0.29) is 22.1 Å². The van der Waals surface area contributed by atoms with Gasteiger partial charge in [0.2, 0.25) is 0 Å². The number of carbonyl (C=O) groups is 1. The van der Waals surface area contributed by atoms with E-state index in [1.165, 1.54) is 24.4 Å². The van der Waals surface area contributed by atoms with Crippen LogP contribution in [0, 0.1) is 5.82 Å². The zero-order valence-electron chi connectivity index (χ0n) is 9.95. The lowest BCUT2D eigenvalue weighted by Gasteiger charge is -2.09. The van der Waals surface area contributed by atoms with Crippen molar-refractivity contribution in [1.82, 2.24) is 4.98 Å². The third kappa shape index (κ3) is 3.06. The maximum atomic E-state index is 13.6. The van der Waals surface area contributed by atoms with Gasteiger partial charge >= 0.3 is 0 Å². The van der Waals surface area contributed by atoms with E-state index in [9.17, 15) is 9.18 Å². The molecule has 0 aliphatic heterocycles. The number of anilines is 2. The highest BCUT2D eigenvalue weighted by atomic mass is 79.9. The minimum absolute atomic E-state index is 0.0506. The summed E-state index contributed by atoms with van der Waals surface area (Å²) in [6, 6.07) is 5.77. The summed E-state index contributed by atoms with van der Waals surface area (Å²) in [5, 5.41) is 2.64. The second-order valence-electron chi connectivity index (χ2n) is 3.75. The average Bonchev–Trinajstić information content (AvgIpc) is 2.42. The SMILES string of the molecule is NNc1ncc(C(=O)Nc2c(F)cccc2Br)cc1Cl. The number of nitrogens with two attached hydrogens (primary N) is 1. The fourth-order valence-corrected chi connectivity index (χ4v) is 2.13. The second kappa shape index (κ2) is 6.17. The third-order valence-corrected chi connectivity index (χ3v) is 3.39. The molecule has 1 aromatic heterocycles. The average molecular weight is 360 g/mol. The van der Waals surface area contributed by atoms with Crippen LogP contribution in [0.15, 0.2) is 34.9 Å². The lowest BCUT2D eigenvalue weighted by atomic mass is 10.2. The molecule has 4 N–H and O–H groups in total. The Morgan fingerprint density at radius 3 is 2.80 bits per heavy atom. The lowest BCUT2D eigenvalue weighted by Crippen LogP contribution is -2.15. The molecule has 2 rings (SSSR count). The number of aromatic nitrogens is 1. The van der Waals surface area contributed by atoms with Crippen molar-refractivity contribution in [2.45, 2.75) is 0 Å². The topological polar surface area (TPSA) is 80.0 Å². The van der Waals surface area contributed by atoms with E-state index in [1.54, 1.807) is 6.07 Å². The number of nitrogens with one attached hydrogen (secondary N) is 2. The van der Waals surface area contributed by atoms with Crippen molar-refractivity contribution in [2.24, 2.45) is 5.84 Å². The van der Waals surface area contributed by atoms with Gasteiger partial charge in [0.1, 0.15) is 5.82 Å². The quantitative estimate of drug-likeness (QED) is 0.581. The molecule has 0 bridgehead atoms. The molecule has 0 radical (unpaired) electrons. The summed E-state index contributed by atoms with van der Waals surface area (Å²) in [5.74, 6) is 4.35. The molecular formula is C12H9BrClFN4O. The number of benzene rings is 1. The molecule has 0 saturated heterocycles. The lowest BCUT2D eigenvalue weighted by molar-refractivity contribution is 0.102. The predicted octanol–water partition coefficient (Wildman–Crippen LogP) is 3.17. The van der Waals surface area contributed by atoms with Crippen LogP contribution in [0.1, 0.15) is 10.4 Å². The molecule has 0 aliphatic carbocycles. The van der Waals surface area contributed by atoms with E-state index in [0.717, 1.165) is 0 Å². The summed E-state index contributed by atoms with van der Waals surface area (Å²) in [4.78, 5) is 15.9. The highest BCUT2D eigenvalue weighted by Crippen LogP contribution is 2.26. The molecule has 5 nitrogen and oxygen atoms in total. The number of halogens is 3. The van der Waals surface area contributed by atoms with Crippen LogP contribution in [0.4, 0.5) is 15.9 Å². The van der Waals surface area contributed by atoms with Crippen LogP contribution >= 0.6 is 27.5 Å². The number of rotatable bonds is 3. The first-order valence-corrected chi connectivity index (χ1v) is 6.57. The Bertz CT molecular complexity index is 648. The van der Waals surface area contributed by atoms with E-state index < -0.39 is 11.7 Å². The van der Waals surface area contributed by atoms with E-state index in [4.69, 9.17) is 17.4 Å². The Morgan fingerprint density at radius 1 is 1.45 bits per heavy atom. The van der Waals surface area contributed by atoms with Crippen molar-refractivity contribution in [3.05, 3.63) is 51.3 Å².